The van der Waals surface area contributed by atoms with Crippen LogP contribution in [0.1, 0.15) is 40.0 Å². The molecule has 1 atom stereocenters. The smallest absolute Gasteiger partial charge is 0.415 e. The molecule has 0 fully saturated rings. The molecular weight excluding hydrogens is 606 g/mol. The quantitative estimate of drug-likeness (QED) is 0.127. The first-order valence-electron chi connectivity index (χ1n) is 13.9. The van der Waals surface area contributed by atoms with Crippen molar-refractivity contribution in [2.24, 2.45) is 0 Å². The van der Waals surface area contributed by atoms with E-state index >= 15 is 0 Å². The maximum Gasteiger partial charge on any atom is 0.415 e. The Balaban J connectivity index is 1.93. The van der Waals surface area contributed by atoms with Crippen molar-refractivity contribution in [1.29, 1.82) is 0 Å². The van der Waals surface area contributed by atoms with Crippen LogP contribution in [0.2, 0.25) is 0 Å². The fraction of sp³-hybridized carbons (Fsp3) is 0.219. The molecule has 0 aliphatic carbocycles. The Morgan fingerprint density at radius 3 is 2.22 bits per heavy atom. The van der Waals surface area contributed by atoms with Gasteiger partial charge in [0.25, 0.3) is 0 Å². The highest BCUT2D eigenvalue weighted by molar-refractivity contribution is 7.20. The van der Waals surface area contributed by atoms with E-state index in [0.717, 1.165) is 33.9 Å². The number of rotatable bonds is 12. The Bertz CT molecular complexity index is 1630. The van der Waals surface area contributed by atoms with Crippen LogP contribution in [0, 0.1) is 11.6 Å². The first-order valence-corrected chi connectivity index (χ1v) is 14.7. The zero-order valence-corrected chi connectivity index (χ0v) is 25.5. The highest BCUT2D eigenvalue weighted by Gasteiger charge is 2.35. The lowest BCUT2D eigenvalue weighted by Gasteiger charge is -2.23. The van der Waals surface area contributed by atoms with E-state index in [0.29, 0.717) is 28.1 Å². The highest BCUT2D eigenvalue weighted by Crippen LogP contribution is 2.46. The molecule has 4 rings (SSSR count). The molecule has 0 saturated heterocycles. The number of carboxylic acids is 1. The summed E-state index contributed by atoms with van der Waals surface area (Å²) in [6, 6.07) is 18.2. The maximum absolute atomic E-state index is 14.8. The lowest BCUT2D eigenvalue weighted by atomic mass is 9.93. The van der Waals surface area contributed by atoms with Crippen LogP contribution < -0.4 is 21.0 Å². The van der Waals surface area contributed by atoms with E-state index < -0.39 is 47.9 Å². The van der Waals surface area contributed by atoms with E-state index in [-0.39, 0.29) is 17.2 Å². The fourth-order valence-electron chi connectivity index (χ4n) is 4.79. The van der Waals surface area contributed by atoms with Crippen molar-refractivity contribution < 1.29 is 37.8 Å². The van der Waals surface area contributed by atoms with Crippen LogP contribution in [0.3, 0.4) is 0 Å². The van der Waals surface area contributed by atoms with Gasteiger partial charge in [0, 0.05) is 27.7 Å². The van der Waals surface area contributed by atoms with E-state index in [1.165, 1.54) is 13.2 Å². The molecule has 0 aliphatic heterocycles. The summed E-state index contributed by atoms with van der Waals surface area (Å²) in [6.45, 7) is 0.904. The minimum Gasteiger partial charge on any atom is -0.478 e. The Hall–Kier alpha value is -4.85. The summed E-state index contributed by atoms with van der Waals surface area (Å²) >= 11 is 0.983. The number of nitrogens with one attached hydrogen (secondary N) is 3. The first-order chi connectivity index (χ1) is 21.7. The Morgan fingerprint density at radius 2 is 1.64 bits per heavy atom. The number of halogens is 2. The normalized spacial score (nSPS) is 11.5. The molecule has 3 aromatic carbocycles. The summed E-state index contributed by atoms with van der Waals surface area (Å²) in [5, 5.41) is 16.4. The molecule has 1 heterocycles. The molecule has 0 radical (unpaired) electrons. The van der Waals surface area contributed by atoms with Gasteiger partial charge in [0.2, 0.25) is 0 Å². The third-order valence-corrected chi connectivity index (χ3v) is 8.11. The molecule has 45 heavy (non-hydrogen) atoms. The minimum absolute atomic E-state index is 0.0522. The number of hydroxylamine groups is 1. The Labute approximate surface area is 262 Å². The second-order valence-electron chi connectivity index (χ2n) is 9.68. The number of amides is 3. The van der Waals surface area contributed by atoms with E-state index in [4.69, 9.17) is 4.74 Å². The Kier molecular flexibility index (Phi) is 11.2. The van der Waals surface area contributed by atoms with Crippen molar-refractivity contribution in [2.75, 3.05) is 31.0 Å². The van der Waals surface area contributed by atoms with Crippen molar-refractivity contribution in [3.8, 4) is 10.4 Å². The number of carbonyl (C=O) groups excluding carboxylic acids is 2. The van der Waals surface area contributed by atoms with Gasteiger partial charge in [-0.25, -0.2) is 28.6 Å². The molecule has 0 aliphatic rings. The lowest BCUT2D eigenvalue weighted by molar-refractivity contribution is 0.0696. The van der Waals surface area contributed by atoms with Gasteiger partial charge in [0.15, 0.2) is 0 Å². The van der Waals surface area contributed by atoms with Gasteiger partial charge in [0.1, 0.15) is 16.6 Å². The minimum atomic E-state index is -1.34. The van der Waals surface area contributed by atoms with Crippen molar-refractivity contribution in [1.82, 2.24) is 10.8 Å². The molecule has 4 N–H and O–H groups in total. The van der Waals surface area contributed by atoms with Gasteiger partial charge in [0.05, 0.1) is 25.8 Å². The predicted octanol–water partition coefficient (Wildman–Crippen LogP) is 6.74. The first kappa shape index (κ1) is 33.1. The second kappa shape index (κ2) is 15.2. The average molecular weight is 639 g/mol. The molecule has 1 unspecified atom stereocenters. The number of anilines is 2. The van der Waals surface area contributed by atoms with Crippen molar-refractivity contribution >= 4 is 40.1 Å². The monoisotopic (exact) mass is 638 g/mol. The number of hydrogen-bond donors (Lipinski definition) is 4. The van der Waals surface area contributed by atoms with Gasteiger partial charge in [-0.05, 0) is 55.8 Å². The second-order valence-corrected chi connectivity index (χ2v) is 10.7. The van der Waals surface area contributed by atoms with Gasteiger partial charge in [-0.15, -0.1) is 11.3 Å². The number of nitrogens with zero attached hydrogens (tertiary/aromatic N) is 1. The molecule has 4 aromatic rings. The Morgan fingerprint density at radius 1 is 0.978 bits per heavy atom. The standard InChI is InChI=1S/C32H32F2N4O6S/c1-4-44-32(42)38(18-22-23(33)11-8-12-24(22)34)29-27(30(39)40)26(25(35-2)17-19-9-6-5-7-10-19)28(45-29)20-13-15-21(16-14-20)36-31(41)37-43-3/h5-16,25,35H,4,17-18H2,1-3H3,(H,39,40)(H2,36,37,41). The topological polar surface area (TPSA) is 129 Å². The summed E-state index contributed by atoms with van der Waals surface area (Å²) in [5.41, 5.74) is 3.83. The maximum atomic E-state index is 14.8. The summed E-state index contributed by atoms with van der Waals surface area (Å²) < 4.78 is 34.8. The molecule has 3 amide bonds. The van der Waals surface area contributed by atoms with Crippen molar-refractivity contribution in [3.05, 3.63) is 107 Å². The van der Waals surface area contributed by atoms with E-state index in [1.54, 1.807) is 38.2 Å². The summed E-state index contributed by atoms with van der Waals surface area (Å²) in [5.74, 6) is -3.12. The van der Waals surface area contributed by atoms with Crippen LogP contribution in [0.4, 0.5) is 29.1 Å². The number of likely N-dealkylation sites (N-methyl/N-ethyl adjacent to an activating group) is 1. The summed E-state index contributed by atoms with van der Waals surface area (Å²) in [7, 11) is 2.99. The van der Waals surface area contributed by atoms with Gasteiger partial charge >= 0.3 is 18.1 Å². The fourth-order valence-corrected chi connectivity index (χ4v) is 6.14. The third kappa shape index (κ3) is 7.81. The van der Waals surface area contributed by atoms with Crippen LogP contribution in [-0.2, 0) is 22.5 Å². The number of hydrogen-bond acceptors (Lipinski definition) is 7. The van der Waals surface area contributed by atoms with Gasteiger partial charge in [-0.3, -0.25) is 9.74 Å². The van der Waals surface area contributed by atoms with E-state index in [2.05, 4.69) is 21.0 Å². The summed E-state index contributed by atoms with van der Waals surface area (Å²) in [6.07, 6.45) is -0.575. The average Bonchev–Trinajstić information content (AvgIpc) is 3.41. The summed E-state index contributed by atoms with van der Waals surface area (Å²) in [4.78, 5) is 44.4. The largest absolute Gasteiger partial charge is 0.478 e. The van der Waals surface area contributed by atoms with Crippen molar-refractivity contribution in [2.45, 2.75) is 25.9 Å². The number of benzene rings is 3. The third-order valence-electron chi connectivity index (χ3n) is 6.83. The number of thiophene rings is 1. The number of ether oxygens (including phenoxy) is 1. The molecule has 236 valence electrons. The van der Waals surface area contributed by atoms with Crippen LogP contribution in [0.5, 0.6) is 0 Å². The molecule has 0 spiro atoms. The van der Waals surface area contributed by atoms with Crippen LogP contribution in [-0.4, -0.2) is 44.0 Å². The molecule has 0 saturated carbocycles. The number of carbonyl (C=O) groups is 3. The van der Waals surface area contributed by atoms with Crippen LogP contribution >= 0.6 is 11.3 Å². The molecule has 1 aromatic heterocycles. The van der Waals surface area contributed by atoms with Gasteiger partial charge in [-0.1, -0.05) is 48.5 Å². The van der Waals surface area contributed by atoms with E-state index in [1.807, 2.05) is 30.3 Å². The van der Waals surface area contributed by atoms with Crippen LogP contribution in [0.15, 0.2) is 72.8 Å². The van der Waals surface area contributed by atoms with Crippen LogP contribution in [0.25, 0.3) is 10.4 Å². The van der Waals surface area contributed by atoms with E-state index in [9.17, 15) is 28.3 Å². The number of aromatic carboxylic acids is 1. The zero-order valence-electron chi connectivity index (χ0n) is 24.7. The SMILES string of the molecule is CCOC(=O)N(Cc1c(F)cccc1F)c1sc(-c2ccc(NC(=O)NOC)cc2)c(C(Cc2ccccc2)NC)c1C(=O)O. The number of urea groups is 1. The van der Waals surface area contributed by atoms with Gasteiger partial charge < -0.3 is 20.5 Å². The molecule has 13 heteroatoms. The van der Waals surface area contributed by atoms with Gasteiger partial charge in [-0.2, -0.15) is 0 Å². The molecule has 10 nitrogen and oxygen atoms in total. The molecule has 0 bridgehead atoms. The lowest BCUT2D eigenvalue weighted by Crippen LogP contribution is -2.32. The predicted molar refractivity (Wildman–Crippen MR) is 167 cm³/mol. The number of carboxylic acid groups (broad SMARTS) is 1. The van der Waals surface area contributed by atoms with Crippen molar-refractivity contribution in [3.63, 3.8) is 0 Å². The highest BCUT2D eigenvalue weighted by atomic mass is 32.1. The zero-order chi connectivity index (χ0) is 32.5. The molecular formula is C32H32F2N4O6S.